The highest BCUT2D eigenvalue weighted by molar-refractivity contribution is 5.94. The Hall–Kier alpha value is -1.77. The average molecular weight is 272 g/mol. The monoisotopic (exact) mass is 272 g/mol. The molecule has 0 aliphatic heterocycles. The van der Waals surface area contributed by atoms with Gasteiger partial charge in [-0.3, -0.25) is 4.98 Å². The van der Waals surface area contributed by atoms with Crippen molar-refractivity contribution in [1.82, 2.24) is 4.98 Å². The minimum Gasteiger partial charge on any atom is -0.497 e. The van der Waals surface area contributed by atoms with Crippen LogP contribution in [0.3, 0.4) is 0 Å². The Labute approximate surface area is 121 Å². The Kier molecular flexibility index (Phi) is 4.48. The molecule has 0 fully saturated rings. The van der Waals surface area contributed by atoms with Gasteiger partial charge in [0.2, 0.25) is 0 Å². The number of fused-ring (bicyclic) bond motifs is 1. The number of ether oxygens (including phenoxy) is 1. The molecule has 3 heteroatoms. The zero-order chi connectivity index (χ0) is 14.7. The molecule has 1 aromatic carbocycles. The van der Waals surface area contributed by atoms with Crippen LogP contribution in [0.5, 0.6) is 5.75 Å². The Morgan fingerprint density at radius 3 is 2.60 bits per heavy atom. The number of benzene rings is 1. The van der Waals surface area contributed by atoms with Gasteiger partial charge in [0.15, 0.2) is 0 Å². The molecule has 0 saturated carbocycles. The maximum absolute atomic E-state index is 5.38. The standard InChI is InChI=1S/C17H24N2O/c1-6-18-16-9-13(7-11(2)3)19-17-12(4)8-14(20-5)10-15(16)17/h8-11H,6-7H2,1-5H3,(H,18,19). The molecular formula is C17H24N2O. The number of nitrogens with one attached hydrogen (secondary N) is 1. The Morgan fingerprint density at radius 2 is 2.00 bits per heavy atom. The first-order chi connectivity index (χ1) is 9.55. The summed E-state index contributed by atoms with van der Waals surface area (Å²) in [5.41, 5.74) is 4.52. The Bertz CT molecular complexity index is 605. The molecule has 0 atom stereocenters. The summed E-state index contributed by atoms with van der Waals surface area (Å²) in [6, 6.07) is 6.28. The van der Waals surface area contributed by atoms with Gasteiger partial charge in [-0.2, -0.15) is 0 Å². The third-order valence-electron chi connectivity index (χ3n) is 3.35. The molecule has 0 spiro atoms. The maximum Gasteiger partial charge on any atom is 0.119 e. The number of rotatable bonds is 5. The third kappa shape index (κ3) is 3.03. The summed E-state index contributed by atoms with van der Waals surface area (Å²) in [5, 5.41) is 4.58. The van der Waals surface area contributed by atoms with Crippen molar-refractivity contribution in [3.05, 3.63) is 29.5 Å². The number of methoxy groups -OCH3 is 1. The lowest BCUT2D eigenvalue weighted by atomic mass is 10.0. The van der Waals surface area contributed by atoms with Gasteiger partial charge < -0.3 is 10.1 Å². The molecule has 1 N–H and O–H groups in total. The molecule has 2 rings (SSSR count). The van der Waals surface area contributed by atoms with Gasteiger partial charge in [0.25, 0.3) is 0 Å². The van der Waals surface area contributed by atoms with Crippen molar-refractivity contribution in [3.63, 3.8) is 0 Å². The van der Waals surface area contributed by atoms with Gasteiger partial charge in [-0.15, -0.1) is 0 Å². The second-order valence-electron chi connectivity index (χ2n) is 5.63. The van der Waals surface area contributed by atoms with E-state index in [-0.39, 0.29) is 0 Å². The van der Waals surface area contributed by atoms with Gasteiger partial charge in [-0.05, 0) is 49.9 Å². The number of nitrogens with zero attached hydrogens (tertiary/aromatic N) is 1. The van der Waals surface area contributed by atoms with Crippen LogP contribution < -0.4 is 10.1 Å². The molecule has 20 heavy (non-hydrogen) atoms. The molecule has 1 heterocycles. The van der Waals surface area contributed by atoms with Crippen LogP contribution in [0.2, 0.25) is 0 Å². The van der Waals surface area contributed by atoms with Gasteiger partial charge in [-0.1, -0.05) is 13.8 Å². The quantitative estimate of drug-likeness (QED) is 0.886. The summed E-state index contributed by atoms with van der Waals surface area (Å²) < 4.78 is 5.38. The van der Waals surface area contributed by atoms with Crippen LogP contribution in [0.25, 0.3) is 10.9 Å². The SMILES string of the molecule is CCNc1cc(CC(C)C)nc2c(C)cc(OC)cc12. The lowest BCUT2D eigenvalue weighted by molar-refractivity contribution is 0.415. The van der Waals surface area contributed by atoms with Crippen LogP contribution in [0, 0.1) is 12.8 Å². The van der Waals surface area contributed by atoms with E-state index in [0.717, 1.165) is 46.6 Å². The third-order valence-corrected chi connectivity index (χ3v) is 3.35. The zero-order valence-corrected chi connectivity index (χ0v) is 13.1. The van der Waals surface area contributed by atoms with E-state index in [1.165, 1.54) is 0 Å². The smallest absolute Gasteiger partial charge is 0.119 e. The van der Waals surface area contributed by atoms with Crippen LogP contribution in [-0.4, -0.2) is 18.6 Å². The topological polar surface area (TPSA) is 34.2 Å². The van der Waals surface area contributed by atoms with Gasteiger partial charge in [0.1, 0.15) is 5.75 Å². The number of aromatic nitrogens is 1. The number of hydrogen-bond acceptors (Lipinski definition) is 3. The summed E-state index contributed by atoms with van der Waals surface area (Å²) >= 11 is 0. The molecule has 0 aliphatic carbocycles. The van der Waals surface area contributed by atoms with Crippen molar-refractivity contribution < 1.29 is 4.74 Å². The first-order valence-corrected chi connectivity index (χ1v) is 7.27. The molecule has 3 nitrogen and oxygen atoms in total. The molecule has 0 saturated heterocycles. The first-order valence-electron chi connectivity index (χ1n) is 7.27. The second-order valence-corrected chi connectivity index (χ2v) is 5.63. The van der Waals surface area contributed by atoms with Crippen molar-refractivity contribution in [2.24, 2.45) is 5.92 Å². The number of anilines is 1. The van der Waals surface area contributed by atoms with E-state index in [1.807, 2.05) is 6.07 Å². The van der Waals surface area contributed by atoms with E-state index in [4.69, 9.17) is 9.72 Å². The van der Waals surface area contributed by atoms with Crippen LogP contribution >= 0.6 is 0 Å². The van der Waals surface area contributed by atoms with Crippen LogP contribution in [-0.2, 0) is 6.42 Å². The molecule has 0 unspecified atom stereocenters. The van der Waals surface area contributed by atoms with Crippen molar-refractivity contribution in [2.75, 3.05) is 19.0 Å². The van der Waals surface area contributed by atoms with E-state index < -0.39 is 0 Å². The average Bonchev–Trinajstić information content (AvgIpc) is 2.39. The second kappa shape index (κ2) is 6.12. The van der Waals surface area contributed by atoms with Crippen LogP contribution in [0.1, 0.15) is 32.0 Å². The number of hydrogen-bond donors (Lipinski definition) is 1. The fraction of sp³-hybridized carbons (Fsp3) is 0.471. The first kappa shape index (κ1) is 14.6. The molecule has 0 bridgehead atoms. The predicted molar refractivity (Wildman–Crippen MR) is 85.7 cm³/mol. The molecule has 108 valence electrons. The zero-order valence-electron chi connectivity index (χ0n) is 13.1. The van der Waals surface area contributed by atoms with E-state index in [9.17, 15) is 0 Å². The highest BCUT2D eigenvalue weighted by atomic mass is 16.5. The summed E-state index contributed by atoms with van der Waals surface area (Å²) in [6.45, 7) is 9.55. The number of pyridine rings is 1. The van der Waals surface area contributed by atoms with Crippen molar-refractivity contribution >= 4 is 16.6 Å². The molecule has 0 amide bonds. The molecular weight excluding hydrogens is 248 g/mol. The van der Waals surface area contributed by atoms with Crippen LogP contribution in [0.4, 0.5) is 5.69 Å². The van der Waals surface area contributed by atoms with E-state index in [0.29, 0.717) is 5.92 Å². The molecule has 0 aliphatic rings. The van der Waals surface area contributed by atoms with Crippen molar-refractivity contribution in [3.8, 4) is 5.75 Å². The highest BCUT2D eigenvalue weighted by Gasteiger charge is 2.10. The molecule has 0 radical (unpaired) electrons. The largest absolute Gasteiger partial charge is 0.497 e. The van der Waals surface area contributed by atoms with Crippen molar-refractivity contribution in [2.45, 2.75) is 34.1 Å². The summed E-state index contributed by atoms with van der Waals surface area (Å²) in [6.07, 6.45) is 1.000. The molecule has 1 aromatic heterocycles. The van der Waals surface area contributed by atoms with E-state index >= 15 is 0 Å². The van der Waals surface area contributed by atoms with Gasteiger partial charge in [-0.25, -0.2) is 0 Å². The maximum atomic E-state index is 5.38. The molecule has 2 aromatic rings. The van der Waals surface area contributed by atoms with Gasteiger partial charge >= 0.3 is 0 Å². The van der Waals surface area contributed by atoms with E-state index in [1.54, 1.807) is 7.11 Å². The fourth-order valence-electron chi connectivity index (χ4n) is 2.50. The van der Waals surface area contributed by atoms with Crippen LogP contribution in [0.15, 0.2) is 18.2 Å². The highest BCUT2D eigenvalue weighted by Crippen LogP contribution is 2.30. The number of aryl methyl sites for hydroxylation is 1. The van der Waals surface area contributed by atoms with Gasteiger partial charge in [0, 0.05) is 23.3 Å². The minimum absolute atomic E-state index is 0.605. The van der Waals surface area contributed by atoms with E-state index in [2.05, 4.69) is 45.1 Å². The summed E-state index contributed by atoms with van der Waals surface area (Å²) in [7, 11) is 1.70. The lowest BCUT2D eigenvalue weighted by Gasteiger charge is -2.14. The van der Waals surface area contributed by atoms with Gasteiger partial charge in [0.05, 0.1) is 12.6 Å². The lowest BCUT2D eigenvalue weighted by Crippen LogP contribution is -2.04. The Morgan fingerprint density at radius 1 is 1.25 bits per heavy atom. The fourth-order valence-corrected chi connectivity index (χ4v) is 2.50. The summed E-state index contributed by atoms with van der Waals surface area (Å²) in [5.74, 6) is 1.49. The Balaban J connectivity index is 2.64. The minimum atomic E-state index is 0.605. The van der Waals surface area contributed by atoms with Crippen molar-refractivity contribution in [1.29, 1.82) is 0 Å². The normalized spacial score (nSPS) is 11.1. The summed E-state index contributed by atoms with van der Waals surface area (Å²) in [4.78, 5) is 4.84. The predicted octanol–water partition coefficient (Wildman–Crippen LogP) is 4.18.